The minimum absolute atomic E-state index is 0.173. The first-order chi connectivity index (χ1) is 9.66. The third-order valence-electron chi connectivity index (χ3n) is 4.12. The molecule has 0 spiro atoms. The molecule has 1 amide bonds. The van der Waals surface area contributed by atoms with Gasteiger partial charge in [-0.25, -0.2) is 4.79 Å². The maximum absolute atomic E-state index is 12.5. The van der Waals surface area contributed by atoms with Gasteiger partial charge in [0.25, 0.3) is 5.91 Å². The van der Waals surface area contributed by atoms with E-state index in [1.807, 2.05) is 18.2 Å². The first-order valence-electron chi connectivity index (χ1n) is 7.07. The molecule has 20 heavy (non-hydrogen) atoms. The largest absolute Gasteiger partial charge is 0.480 e. The number of carboxylic acids is 1. The van der Waals surface area contributed by atoms with Gasteiger partial charge in [0.2, 0.25) is 0 Å². The Morgan fingerprint density at radius 2 is 2.15 bits per heavy atom. The Bertz CT molecular complexity index is 556. The van der Waals surface area contributed by atoms with Crippen molar-refractivity contribution in [3.63, 3.8) is 0 Å². The van der Waals surface area contributed by atoms with Crippen LogP contribution in [-0.2, 0) is 11.2 Å². The van der Waals surface area contributed by atoms with Crippen molar-refractivity contribution in [2.24, 2.45) is 0 Å². The third-order valence-corrected chi connectivity index (χ3v) is 4.12. The van der Waals surface area contributed by atoms with Gasteiger partial charge >= 0.3 is 5.97 Å². The van der Waals surface area contributed by atoms with Gasteiger partial charge in [0, 0.05) is 24.3 Å². The zero-order valence-corrected chi connectivity index (χ0v) is 11.3. The molecule has 1 saturated heterocycles. The number of benzene rings is 1. The second-order valence-electron chi connectivity index (χ2n) is 5.40. The van der Waals surface area contributed by atoms with Gasteiger partial charge in [-0.15, -0.1) is 0 Å². The van der Waals surface area contributed by atoms with E-state index in [-0.39, 0.29) is 5.91 Å². The summed E-state index contributed by atoms with van der Waals surface area (Å²) in [5.74, 6) is -1.08. The number of hydrogen-bond donors (Lipinski definition) is 2. The van der Waals surface area contributed by atoms with Gasteiger partial charge in [-0.1, -0.05) is 6.07 Å². The van der Waals surface area contributed by atoms with Crippen LogP contribution in [-0.4, -0.2) is 41.0 Å². The highest BCUT2D eigenvalue weighted by Gasteiger charge is 2.32. The molecule has 0 saturated carbocycles. The molecule has 0 aromatic heterocycles. The average Bonchev–Trinajstić information content (AvgIpc) is 2.93. The molecule has 2 N–H and O–H groups in total. The van der Waals surface area contributed by atoms with E-state index in [0.29, 0.717) is 18.5 Å². The van der Waals surface area contributed by atoms with Crippen LogP contribution in [0.3, 0.4) is 0 Å². The van der Waals surface area contributed by atoms with E-state index >= 15 is 0 Å². The molecule has 2 aliphatic rings. The van der Waals surface area contributed by atoms with Crippen molar-refractivity contribution >= 4 is 17.6 Å². The quantitative estimate of drug-likeness (QED) is 0.861. The van der Waals surface area contributed by atoms with Crippen LogP contribution in [0.25, 0.3) is 0 Å². The van der Waals surface area contributed by atoms with Gasteiger partial charge in [-0.3, -0.25) is 4.79 Å². The number of hydrogen-bond acceptors (Lipinski definition) is 3. The van der Waals surface area contributed by atoms with Gasteiger partial charge in [-0.05, 0) is 43.4 Å². The lowest BCUT2D eigenvalue weighted by Crippen LogP contribution is -2.47. The van der Waals surface area contributed by atoms with E-state index in [0.717, 1.165) is 31.5 Å². The molecule has 3 rings (SSSR count). The number of aliphatic carboxylic acids is 1. The Balaban J connectivity index is 1.85. The second-order valence-corrected chi connectivity index (χ2v) is 5.40. The molecule has 106 valence electrons. The van der Waals surface area contributed by atoms with Gasteiger partial charge in [0.1, 0.15) is 6.04 Å². The Morgan fingerprint density at radius 1 is 1.30 bits per heavy atom. The van der Waals surface area contributed by atoms with Crippen LogP contribution in [0.15, 0.2) is 18.2 Å². The lowest BCUT2D eigenvalue weighted by Gasteiger charge is -2.33. The Morgan fingerprint density at radius 3 is 2.95 bits per heavy atom. The van der Waals surface area contributed by atoms with Crippen LogP contribution < -0.4 is 5.32 Å². The van der Waals surface area contributed by atoms with Crippen molar-refractivity contribution in [1.82, 2.24) is 4.90 Å². The maximum Gasteiger partial charge on any atom is 0.326 e. The van der Waals surface area contributed by atoms with E-state index in [2.05, 4.69) is 5.32 Å². The fourth-order valence-corrected chi connectivity index (χ4v) is 3.02. The smallest absolute Gasteiger partial charge is 0.326 e. The van der Waals surface area contributed by atoms with Crippen LogP contribution in [0.2, 0.25) is 0 Å². The standard InChI is InChI=1S/C15H18N2O3/c18-14(17-8-2-1-3-13(17)15(19)20)11-5-4-10-6-7-16-12(10)9-11/h4-5,9,13,16H,1-3,6-8H2,(H,19,20). The highest BCUT2D eigenvalue weighted by atomic mass is 16.4. The molecule has 2 heterocycles. The molecular formula is C15H18N2O3. The van der Waals surface area contributed by atoms with E-state index in [4.69, 9.17) is 0 Å². The fourth-order valence-electron chi connectivity index (χ4n) is 3.02. The van der Waals surface area contributed by atoms with Crippen molar-refractivity contribution in [3.05, 3.63) is 29.3 Å². The van der Waals surface area contributed by atoms with E-state index < -0.39 is 12.0 Å². The zero-order chi connectivity index (χ0) is 14.1. The van der Waals surface area contributed by atoms with Crippen LogP contribution in [0, 0.1) is 0 Å². The zero-order valence-electron chi connectivity index (χ0n) is 11.3. The summed E-state index contributed by atoms with van der Waals surface area (Å²) in [7, 11) is 0. The molecule has 1 unspecified atom stereocenters. The molecule has 0 aliphatic carbocycles. The number of carbonyl (C=O) groups is 2. The van der Waals surface area contributed by atoms with E-state index in [9.17, 15) is 14.7 Å². The number of likely N-dealkylation sites (tertiary alicyclic amines) is 1. The van der Waals surface area contributed by atoms with Gasteiger partial charge in [0.15, 0.2) is 0 Å². The third kappa shape index (κ3) is 2.24. The van der Waals surface area contributed by atoms with Crippen LogP contribution in [0.4, 0.5) is 5.69 Å². The summed E-state index contributed by atoms with van der Waals surface area (Å²) >= 11 is 0. The molecular weight excluding hydrogens is 256 g/mol. The first kappa shape index (κ1) is 13.0. The molecule has 0 bridgehead atoms. The highest BCUT2D eigenvalue weighted by Crippen LogP contribution is 2.26. The minimum atomic E-state index is -0.905. The SMILES string of the molecule is O=C(O)C1CCCCN1C(=O)c1ccc2c(c1)NCC2. The number of carbonyl (C=O) groups excluding carboxylic acids is 1. The van der Waals surface area contributed by atoms with Crippen molar-refractivity contribution in [3.8, 4) is 0 Å². The van der Waals surface area contributed by atoms with Crippen molar-refractivity contribution in [1.29, 1.82) is 0 Å². The monoisotopic (exact) mass is 274 g/mol. The summed E-state index contributed by atoms with van der Waals surface area (Å²) < 4.78 is 0. The first-order valence-corrected chi connectivity index (χ1v) is 7.07. The van der Waals surface area contributed by atoms with Crippen LogP contribution in [0.1, 0.15) is 35.2 Å². The molecule has 5 heteroatoms. The molecule has 5 nitrogen and oxygen atoms in total. The molecule has 1 aromatic rings. The number of anilines is 1. The van der Waals surface area contributed by atoms with Gasteiger partial charge in [-0.2, -0.15) is 0 Å². The van der Waals surface area contributed by atoms with Gasteiger partial charge in [0.05, 0.1) is 0 Å². The maximum atomic E-state index is 12.5. The summed E-state index contributed by atoms with van der Waals surface area (Å²) in [6.45, 7) is 1.43. The second kappa shape index (κ2) is 5.15. The summed E-state index contributed by atoms with van der Waals surface area (Å²) in [6.07, 6.45) is 3.26. The van der Waals surface area contributed by atoms with Crippen LogP contribution >= 0.6 is 0 Å². The van der Waals surface area contributed by atoms with E-state index in [1.165, 1.54) is 10.5 Å². The normalized spacial score (nSPS) is 21.2. The molecule has 1 fully saturated rings. The fraction of sp³-hybridized carbons (Fsp3) is 0.467. The summed E-state index contributed by atoms with van der Waals surface area (Å²) in [5, 5.41) is 12.5. The average molecular weight is 274 g/mol. The lowest BCUT2D eigenvalue weighted by molar-refractivity contribution is -0.143. The van der Waals surface area contributed by atoms with Crippen molar-refractivity contribution < 1.29 is 14.7 Å². The number of nitrogens with zero attached hydrogens (tertiary/aromatic N) is 1. The molecule has 1 aromatic carbocycles. The summed E-state index contributed by atoms with van der Waals surface area (Å²) in [5.41, 5.74) is 2.79. The van der Waals surface area contributed by atoms with Crippen molar-refractivity contribution in [2.45, 2.75) is 31.7 Å². The van der Waals surface area contributed by atoms with Crippen molar-refractivity contribution in [2.75, 3.05) is 18.4 Å². The van der Waals surface area contributed by atoms with Gasteiger partial charge < -0.3 is 15.3 Å². The predicted molar refractivity (Wildman–Crippen MR) is 74.9 cm³/mol. The van der Waals surface area contributed by atoms with E-state index in [1.54, 1.807) is 0 Å². The Hall–Kier alpha value is -2.04. The Kier molecular flexibility index (Phi) is 3.34. The topological polar surface area (TPSA) is 69.6 Å². The summed E-state index contributed by atoms with van der Waals surface area (Å²) in [6, 6.07) is 4.93. The number of carboxylic acid groups (broad SMARTS) is 1. The Labute approximate surface area is 117 Å². The minimum Gasteiger partial charge on any atom is -0.480 e. The summed E-state index contributed by atoms with van der Waals surface area (Å²) in [4.78, 5) is 25.3. The number of rotatable bonds is 2. The number of fused-ring (bicyclic) bond motifs is 1. The van der Waals surface area contributed by atoms with Crippen LogP contribution in [0.5, 0.6) is 0 Å². The number of amides is 1. The number of nitrogens with one attached hydrogen (secondary N) is 1. The highest BCUT2D eigenvalue weighted by molar-refractivity contribution is 5.97. The molecule has 1 atom stereocenters. The number of piperidine rings is 1. The predicted octanol–water partition coefficient (Wildman–Crippen LogP) is 1.73. The lowest BCUT2D eigenvalue weighted by atomic mass is 10.00. The molecule has 2 aliphatic heterocycles. The molecule has 0 radical (unpaired) electrons.